The number of nitrogens with zero attached hydrogens (tertiary/aromatic N) is 1. The van der Waals surface area contributed by atoms with Crippen molar-refractivity contribution in [2.45, 2.75) is 37.5 Å². The first-order valence-corrected chi connectivity index (χ1v) is 6.27. The van der Waals surface area contributed by atoms with Gasteiger partial charge in [0.1, 0.15) is 0 Å². The van der Waals surface area contributed by atoms with Gasteiger partial charge in [-0.3, -0.25) is 9.11 Å². The molecule has 0 N–H and O–H groups in total. The Bertz CT molecular complexity index is 191. The van der Waals surface area contributed by atoms with Gasteiger partial charge in [0.25, 0.3) is 0 Å². The molecule has 1 saturated carbocycles. The standard InChI is InChI=1S/C9H17NOS/c1-8-7-10(5-6-12(8)11)9-3-2-4-9/h8-9H,2-7H2,1H3. The highest BCUT2D eigenvalue weighted by atomic mass is 32.2. The quantitative estimate of drug-likeness (QED) is 0.610. The van der Waals surface area contributed by atoms with Crippen molar-refractivity contribution >= 4 is 10.8 Å². The van der Waals surface area contributed by atoms with Crippen LogP contribution in [-0.4, -0.2) is 39.2 Å². The van der Waals surface area contributed by atoms with Crippen LogP contribution in [0.4, 0.5) is 0 Å². The van der Waals surface area contributed by atoms with Crippen LogP contribution >= 0.6 is 0 Å². The van der Waals surface area contributed by atoms with E-state index in [1.807, 2.05) is 0 Å². The first kappa shape index (κ1) is 8.70. The minimum atomic E-state index is -0.542. The Balaban J connectivity index is 1.88. The molecule has 2 atom stereocenters. The molecule has 0 aromatic rings. The van der Waals surface area contributed by atoms with Crippen LogP contribution in [0.1, 0.15) is 26.2 Å². The third kappa shape index (κ3) is 1.57. The van der Waals surface area contributed by atoms with E-state index in [0.29, 0.717) is 5.25 Å². The van der Waals surface area contributed by atoms with Crippen LogP contribution in [0.3, 0.4) is 0 Å². The highest BCUT2D eigenvalue weighted by molar-refractivity contribution is 7.85. The van der Waals surface area contributed by atoms with E-state index >= 15 is 0 Å². The Morgan fingerprint density at radius 1 is 1.42 bits per heavy atom. The number of hydrogen-bond donors (Lipinski definition) is 0. The molecule has 2 fully saturated rings. The third-order valence-electron chi connectivity index (χ3n) is 3.11. The molecule has 1 saturated heterocycles. The lowest BCUT2D eigenvalue weighted by Gasteiger charge is -2.41. The van der Waals surface area contributed by atoms with Gasteiger partial charge >= 0.3 is 0 Å². The van der Waals surface area contributed by atoms with E-state index in [0.717, 1.165) is 24.9 Å². The van der Waals surface area contributed by atoms with Crippen molar-refractivity contribution in [2.75, 3.05) is 18.8 Å². The van der Waals surface area contributed by atoms with Crippen LogP contribution < -0.4 is 0 Å². The van der Waals surface area contributed by atoms with Crippen molar-refractivity contribution in [3.05, 3.63) is 0 Å². The highest BCUT2D eigenvalue weighted by Gasteiger charge is 2.30. The van der Waals surface area contributed by atoms with Gasteiger partial charge in [-0.25, -0.2) is 0 Å². The predicted octanol–water partition coefficient (Wildman–Crippen LogP) is 0.992. The number of hydrogen-bond acceptors (Lipinski definition) is 2. The predicted molar refractivity (Wildman–Crippen MR) is 51.7 cm³/mol. The molecule has 1 heterocycles. The van der Waals surface area contributed by atoms with Gasteiger partial charge in [-0.1, -0.05) is 6.42 Å². The van der Waals surface area contributed by atoms with E-state index in [-0.39, 0.29) is 0 Å². The molecule has 1 aliphatic carbocycles. The fourth-order valence-corrected chi connectivity index (χ4v) is 3.17. The molecule has 2 aliphatic rings. The topological polar surface area (TPSA) is 20.3 Å². The molecule has 0 aromatic carbocycles. The maximum absolute atomic E-state index is 11.4. The zero-order valence-electron chi connectivity index (χ0n) is 7.66. The summed E-state index contributed by atoms with van der Waals surface area (Å²) in [5.74, 6) is 0.900. The average molecular weight is 187 g/mol. The van der Waals surface area contributed by atoms with Crippen molar-refractivity contribution in [3.63, 3.8) is 0 Å². The van der Waals surface area contributed by atoms with Crippen LogP contribution in [0.25, 0.3) is 0 Å². The van der Waals surface area contributed by atoms with E-state index in [2.05, 4.69) is 11.8 Å². The van der Waals surface area contributed by atoms with Crippen molar-refractivity contribution < 1.29 is 4.21 Å². The van der Waals surface area contributed by atoms with E-state index in [4.69, 9.17) is 0 Å². The summed E-state index contributed by atoms with van der Waals surface area (Å²) in [5.41, 5.74) is 0. The molecule has 0 aromatic heterocycles. The van der Waals surface area contributed by atoms with Crippen molar-refractivity contribution in [1.82, 2.24) is 4.90 Å². The monoisotopic (exact) mass is 187 g/mol. The molecule has 2 unspecified atom stereocenters. The zero-order chi connectivity index (χ0) is 8.55. The van der Waals surface area contributed by atoms with Crippen LogP contribution in [0.2, 0.25) is 0 Å². The normalized spacial score (nSPS) is 39.4. The van der Waals surface area contributed by atoms with Gasteiger partial charge < -0.3 is 0 Å². The molecule has 0 bridgehead atoms. The Labute approximate surface area is 76.8 Å². The maximum atomic E-state index is 11.4. The molecule has 12 heavy (non-hydrogen) atoms. The van der Waals surface area contributed by atoms with Gasteiger partial charge in [-0.15, -0.1) is 0 Å². The lowest BCUT2D eigenvalue weighted by atomic mass is 9.91. The van der Waals surface area contributed by atoms with Gasteiger partial charge in [0.15, 0.2) is 0 Å². The van der Waals surface area contributed by atoms with E-state index in [9.17, 15) is 4.21 Å². The summed E-state index contributed by atoms with van der Waals surface area (Å²) in [7, 11) is -0.542. The summed E-state index contributed by atoms with van der Waals surface area (Å²) in [5, 5.41) is 0.402. The molecule has 0 amide bonds. The first-order valence-electron chi connectivity index (χ1n) is 4.88. The summed E-state index contributed by atoms with van der Waals surface area (Å²) in [4.78, 5) is 2.54. The van der Waals surface area contributed by atoms with E-state index < -0.39 is 10.8 Å². The zero-order valence-corrected chi connectivity index (χ0v) is 8.48. The average Bonchev–Trinajstić information content (AvgIpc) is 1.93. The molecule has 2 nitrogen and oxygen atoms in total. The van der Waals surface area contributed by atoms with Gasteiger partial charge in [0.2, 0.25) is 0 Å². The van der Waals surface area contributed by atoms with Gasteiger partial charge in [0.05, 0.1) is 0 Å². The first-order chi connectivity index (χ1) is 5.77. The minimum Gasteiger partial charge on any atom is -0.298 e. The molecule has 0 radical (unpaired) electrons. The fraction of sp³-hybridized carbons (Fsp3) is 1.00. The highest BCUT2D eigenvalue weighted by Crippen LogP contribution is 2.26. The number of rotatable bonds is 1. The summed E-state index contributed by atoms with van der Waals surface area (Å²) in [6, 6.07) is 0.838. The van der Waals surface area contributed by atoms with E-state index in [1.165, 1.54) is 19.3 Å². The van der Waals surface area contributed by atoms with E-state index in [1.54, 1.807) is 0 Å². The van der Waals surface area contributed by atoms with Crippen molar-refractivity contribution in [2.24, 2.45) is 0 Å². The largest absolute Gasteiger partial charge is 0.298 e. The Hall–Kier alpha value is 0.110. The van der Waals surface area contributed by atoms with Gasteiger partial charge in [-0.2, -0.15) is 0 Å². The van der Waals surface area contributed by atoms with Crippen molar-refractivity contribution in [1.29, 1.82) is 0 Å². The molecule has 2 rings (SSSR count). The summed E-state index contributed by atoms with van der Waals surface area (Å²) in [6.07, 6.45) is 4.15. The van der Waals surface area contributed by atoms with Crippen LogP contribution in [0.5, 0.6) is 0 Å². The molecule has 70 valence electrons. The fourth-order valence-electron chi connectivity index (χ4n) is 2.00. The molecular weight excluding hydrogens is 170 g/mol. The third-order valence-corrected chi connectivity index (χ3v) is 4.74. The summed E-state index contributed by atoms with van der Waals surface area (Å²) < 4.78 is 11.4. The Morgan fingerprint density at radius 3 is 2.67 bits per heavy atom. The van der Waals surface area contributed by atoms with Gasteiger partial charge in [0, 0.05) is 40.9 Å². The smallest absolute Gasteiger partial charge is 0.0447 e. The van der Waals surface area contributed by atoms with Crippen LogP contribution in [0.15, 0.2) is 0 Å². The molecular formula is C9H17NOS. The molecule has 3 heteroatoms. The summed E-state index contributed by atoms with van der Waals surface area (Å²) >= 11 is 0. The maximum Gasteiger partial charge on any atom is 0.0447 e. The van der Waals surface area contributed by atoms with Crippen molar-refractivity contribution in [3.8, 4) is 0 Å². The minimum absolute atomic E-state index is 0.402. The Morgan fingerprint density at radius 2 is 2.17 bits per heavy atom. The molecule has 1 aliphatic heterocycles. The second-order valence-corrected chi connectivity index (χ2v) is 5.95. The second-order valence-electron chi connectivity index (χ2n) is 3.98. The lowest BCUT2D eigenvalue weighted by Crippen LogP contribution is -2.50. The summed E-state index contributed by atoms with van der Waals surface area (Å²) in [6.45, 7) is 4.25. The molecule has 0 spiro atoms. The Kier molecular flexibility index (Phi) is 2.51. The SMILES string of the molecule is CC1CN(C2CCC2)CCS1=O. The van der Waals surface area contributed by atoms with Crippen LogP contribution in [-0.2, 0) is 10.8 Å². The van der Waals surface area contributed by atoms with Gasteiger partial charge in [-0.05, 0) is 19.8 Å². The van der Waals surface area contributed by atoms with Crippen LogP contribution in [0, 0.1) is 0 Å². The second kappa shape index (κ2) is 3.46. The lowest BCUT2D eigenvalue weighted by molar-refractivity contribution is 0.132.